The van der Waals surface area contributed by atoms with Crippen LogP contribution in [0.3, 0.4) is 0 Å². The average molecular weight is 338 g/mol. The maximum absolute atomic E-state index is 11.6. The van der Waals surface area contributed by atoms with Gasteiger partial charge in [-0.3, -0.25) is 0 Å². The van der Waals surface area contributed by atoms with Crippen molar-refractivity contribution in [2.24, 2.45) is 0 Å². The van der Waals surface area contributed by atoms with Crippen molar-refractivity contribution in [2.75, 3.05) is 31.8 Å². The van der Waals surface area contributed by atoms with E-state index in [-0.39, 0.29) is 17.7 Å². The molecule has 0 aliphatic carbocycles. The maximum atomic E-state index is 11.6. The molecule has 0 radical (unpaired) electrons. The van der Waals surface area contributed by atoms with E-state index in [9.17, 15) is 8.42 Å². The lowest BCUT2D eigenvalue weighted by Gasteiger charge is -2.25. The number of rotatable bonds is 3. The van der Waals surface area contributed by atoms with Crippen LogP contribution in [0.15, 0.2) is 18.2 Å². The highest BCUT2D eigenvalue weighted by molar-refractivity contribution is 7.90. The van der Waals surface area contributed by atoms with E-state index in [0.29, 0.717) is 29.8 Å². The molecule has 2 rings (SSSR count). The van der Waals surface area contributed by atoms with Crippen LogP contribution in [0.2, 0.25) is 10.0 Å². The summed E-state index contributed by atoms with van der Waals surface area (Å²) in [6.07, 6.45) is 1.24. The first-order chi connectivity index (χ1) is 9.37. The second-order valence-electron chi connectivity index (χ2n) is 5.01. The standard InChI is InChI=1S/C13H17Cl2NO3S/c1-20(17,18)8-13-10(7-19-5-4-16-13)9-2-3-11(14)12(15)6-9/h2-3,6,10,13,16H,4-5,7-8H2,1H3/t10-,13-/m1/s1. The minimum absolute atomic E-state index is 0.0676. The molecule has 20 heavy (non-hydrogen) atoms. The summed E-state index contributed by atoms with van der Waals surface area (Å²) in [4.78, 5) is 0. The van der Waals surface area contributed by atoms with Crippen molar-refractivity contribution in [3.05, 3.63) is 33.8 Å². The highest BCUT2D eigenvalue weighted by Gasteiger charge is 2.28. The Bertz CT molecular complexity index is 577. The normalized spacial score (nSPS) is 24.4. The number of ether oxygens (including phenoxy) is 1. The quantitative estimate of drug-likeness (QED) is 0.917. The Kier molecular flexibility index (Phi) is 5.31. The van der Waals surface area contributed by atoms with E-state index in [1.54, 1.807) is 12.1 Å². The lowest BCUT2D eigenvalue weighted by Crippen LogP contribution is -2.40. The SMILES string of the molecule is CS(=O)(=O)C[C@H]1NCCOC[C@@H]1c1ccc(Cl)c(Cl)c1. The van der Waals surface area contributed by atoms with Crippen LogP contribution in [0.4, 0.5) is 0 Å². The van der Waals surface area contributed by atoms with Crippen LogP contribution in [0.1, 0.15) is 11.5 Å². The number of hydrogen-bond donors (Lipinski definition) is 1. The van der Waals surface area contributed by atoms with E-state index < -0.39 is 9.84 Å². The zero-order chi connectivity index (χ0) is 14.8. The third-order valence-electron chi connectivity index (χ3n) is 3.29. The second kappa shape index (κ2) is 6.62. The van der Waals surface area contributed by atoms with Crippen LogP contribution in [0.25, 0.3) is 0 Å². The van der Waals surface area contributed by atoms with Crippen LogP contribution in [-0.2, 0) is 14.6 Å². The van der Waals surface area contributed by atoms with Crippen molar-refractivity contribution < 1.29 is 13.2 Å². The van der Waals surface area contributed by atoms with Gasteiger partial charge in [-0.1, -0.05) is 29.3 Å². The Morgan fingerprint density at radius 1 is 1.35 bits per heavy atom. The molecule has 1 saturated heterocycles. The molecule has 1 aliphatic rings. The molecular weight excluding hydrogens is 321 g/mol. The third-order valence-corrected chi connectivity index (χ3v) is 4.99. The lowest BCUT2D eigenvalue weighted by atomic mass is 9.93. The first-order valence-electron chi connectivity index (χ1n) is 6.30. The zero-order valence-electron chi connectivity index (χ0n) is 11.1. The minimum Gasteiger partial charge on any atom is -0.379 e. The third kappa shape index (κ3) is 4.33. The predicted octanol–water partition coefficient (Wildman–Crippen LogP) is 2.11. The van der Waals surface area contributed by atoms with Crippen LogP contribution in [0, 0.1) is 0 Å². The molecule has 4 nitrogen and oxygen atoms in total. The molecule has 2 atom stereocenters. The van der Waals surface area contributed by atoms with Gasteiger partial charge in [0.1, 0.15) is 9.84 Å². The van der Waals surface area contributed by atoms with Gasteiger partial charge in [-0.15, -0.1) is 0 Å². The Labute approximate surface area is 129 Å². The van der Waals surface area contributed by atoms with Gasteiger partial charge in [0, 0.05) is 24.8 Å². The minimum atomic E-state index is -3.08. The van der Waals surface area contributed by atoms with Crippen LogP contribution in [-0.4, -0.2) is 46.2 Å². The van der Waals surface area contributed by atoms with E-state index in [2.05, 4.69) is 5.32 Å². The maximum Gasteiger partial charge on any atom is 0.149 e. The highest BCUT2D eigenvalue weighted by atomic mass is 35.5. The van der Waals surface area contributed by atoms with Crippen LogP contribution < -0.4 is 5.32 Å². The van der Waals surface area contributed by atoms with Crippen molar-refractivity contribution >= 4 is 33.0 Å². The van der Waals surface area contributed by atoms with E-state index in [1.165, 1.54) is 6.26 Å². The number of benzene rings is 1. The van der Waals surface area contributed by atoms with Gasteiger partial charge in [-0.05, 0) is 17.7 Å². The first-order valence-corrected chi connectivity index (χ1v) is 9.12. The van der Waals surface area contributed by atoms with Gasteiger partial charge in [-0.2, -0.15) is 0 Å². The van der Waals surface area contributed by atoms with Gasteiger partial charge >= 0.3 is 0 Å². The van der Waals surface area contributed by atoms with E-state index in [4.69, 9.17) is 27.9 Å². The average Bonchev–Trinajstić information content (AvgIpc) is 2.56. The molecule has 0 bridgehead atoms. The summed E-state index contributed by atoms with van der Waals surface area (Å²) < 4.78 is 28.7. The van der Waals surface area contributed by atoms with Crippen molar-refractivity contribution in [2.45, 2.75) is 12.0 Å². The zero-order valence-corrected chi connectivity index (χ0v) is 13.4. The largest absolute Gasteiger partial charge is 0.379 e. The molecule has 1 aromatic rings. The van der Waals surface area contributed by atoms with Crippen LogP contribution >= 0.6 is 23.2 Å². The van der Waals surface area contributed by atoms with Gasteiger partial charge in [0.25, 0.3) is 0 Å². The molecule has 1 fully saturated rings. The summed E-state index contributed by atoms with van der Waals surface area (Å²) in [5.41, 5.74) is 0.933. The van der Waals surface area contributed by atoms with Crippen molar-refractivity contribution in [1.29, 1.82) is 0 Å². The van der Waals surface area contributed by atoms with Gasteiger partial charge < -0.3 is 10.1 Å². The highest BCUT2D eigenvalue weighted by Crippen LogP contribution is 2.29. The Morgan fingerprint density at radius 3 is 2.75 bits per heavy atom. The molecule has 0 amide bonds. The Hall–Kier alpha value is -0.330. The van der Waals surface area contributed by atoms with Crippen molar-refractivity contribution in [3.63, 3.8) is 0 Å². The van der Waals surface area contributed by atoms with Gasteiger partial charge in [0.2, 0.25) is 0 Å². The number of nitrogens with one attached hydrogen (secondary N) is 1. The fraction of sp³-hybridized carbons (Fsp3) is 0.538. The number of sulfone groups is 1. The molecule has 0 saturated carbocycles. The van der Waals surface area contributed by atoms with Crippen molar-refractivity contribution in [3.8, 4) is 0 Å². The summed E-state index contributed by atoms with van der Waals surface area (Å²) in [7, 11) is -3.08. The molecule has 1 aliphatic heterocycles. The smallest absolute Gasteiger partial charge is 0.149 e. The fourth-order valence-corrected chi connectivity index (χ4v) is 3.67. The predicted molar refractivity (Wildman–Crippen MR) is 81.5 cm³/mol. The summed E-state index contributed by atoms with van der Waals surface area (Å²) in [5.74, 6) is 0.00311. The molecular formula is C13H17Cl2NO3S. The fourth-order valence-electron chi connectivity index (χ4n) is 2.36. The summed E-state index contributed by atoms with van der Waals surface area (Å²) in [6, 6.07) is 5.18. The number of hydrogen-bond acceptors (Lipinski definition) is 4. The van der Waals surface area contributed by atoms with Crippen molar-refractivity contribution in [1.82, 2.24) is 5.32 Å². The first kappa shape index (κ1) is 16.0. The van der Waals surface area contributed by atoms with Crippen LogP contribution in [0.5, 0.6) is 0 Å². The second-order valence-corrected chi connectivity index (χ2v) is 8.01. The Balaban J connectivity index is 2.29. The molecule has 1 N–H and O–H groups in total. The molecule has 1 aromatic carbocycles. The number of halogens is 2. The molecule has 0 unspecified atom stereocenters. The van der Waals surface area contributed by atoms with E-state index in [0.717, 1.165) is 5.56 Å². The van der Waals surface area contributed by atoms with E-state index >= 15 is 0 Å². The topological polar surface area (TPSA) is 55.4 Å². The van der Waals surface area contributed by atoms with Gasteiger partial charge in [0.15, 0.2) is 0 Å². The molecule has 0 aromatic heterocycles. The summed E-state index contributed by atoms with van der Waals surface area (Å²) in [6.45, 7) is 1.67. The summed E-state index contributed by atoms with van der Waals surface area (Å²) >= 11 is 12.0. The lowest BCUT2D eigenvalue weighted by molar-refractivity contribution is 0.138. The Morgan fingerprint density at radius 2 is 2.10 bits per heavy atom. The molecule has 1 heterocycles. The van der Waals surface area contributed by atoms with Gasteiger partial charge in [-0.25, -0.2) is 8.42 Å². The monoisotopic (exact) mass is 337 g/mol. The summed E-state index contributed by atoms with van der Waals surface area (Å²) in [5, 5.41) is 4.19. The van der Waals surface area contributed by atoms with Gasteiger partial charge in [0.05, 0.1) is 29.0 Å². The molecule has 7 heteroatoms. The van der Waals surface area contributed by atoms with E-state index in [1.807, 2.05) is 6.07 Å². The molecule has 112 valence electrons. The molecule has 0 spiro atoms.